The SMILES string of the molecule is [B]c1ccc(-c2nc3c(C)cccn3c2CO)cc1. The van der Waals surface area contributed by atoms with Gasteiger partial charge in [-0.3, -0.25) is 0 Å². The summed E-state index contributed by atoms with van der Waals surface area (Å²) >= 11 is 0. The molecule has 0 unspecified atom stereocenters. The van der Waals surface area contributed by atoms with Crippen molar-refractivity contribution in [2.24, 2.45) is 0 Å². The molecular weight excluding hydrogens is 235 g/mol. The lowest BCUT2D eigenvalue weighted by Gasteiger charge is -2.02. The molecule has 0 fully saturated rings. The van der Waals surface area contributed by atoms with E-state index in [-0.39, 0.29) is 6.61 Å². The van der Waals surface area contributed by atoms with Gasteiger partial charge >= 0.3 is 0 Å². The van der Waals surface area contributed by atoms with Gasteiger partial charge in [0.1, 0.15) is 13.5 Å². The molecule has 1 aromatic carbocycles. The Morgan fingerprint density at radius 2 is 1.95 bits per heavy atom. The molecule has 2 heterocycles. The van der Waals surface area contributed by atoms with E-state index >= 15 is 0 Å². The standard InChI is InChI=1S/C15H13BN2O/c1-10-3-2-8-18-13(9-19)14(17-15(10)18)11-4-6-12(16)7-5-11/h2-8,19H,9H2,1H3. The first-order chi connectivity index (χ1) is 9.20. The van der Waals surface area contributed by atoms with Crippen molar-refractivity contribution >= 4 is 19.0 Å². The summed E-state index contributed by atoms with van der Waals surface area (Å²) in [6.45, 7) is 1.96. The molecule has 0 amide bonds. The maximum absolute atomic E-state index is 9.63. The zero-order chi connectivity index (χ0) is 13.4. The number of nitrogens with zero attached hydrogens (tertiary/aromatic N) is 2. The topological polar surface area (TPSA) is 37.5 Å². The molecule has 1 N–H and O–H groups in total. The molecule has 0 aliphatic rings. The van der Waals surface area contributed by atoms with E-state index < -0.39 is 0 Å². The highest BCUT2D eigenvalue weighted by Gasteiger charge is 2.13. The molecule has 0 saturated carbocycles. The highest BCUT2D eigenvalue weighted by Crippen LogP contribution is 2.25. The van der Waals surface area contributed by atoms with E-state index in [0.717, 1.165) is 28.2 Å². The monoisotopic (exact) mass is 248 g/mol. The second-order valence-corrected chi connectivity index (χ2v) is 4.57. The fourth-order valence-corrected chi connectivity index (χ4v) is 2.28. The van der Waals surface area contributed by atoms with Crippen LogP contribution in [-0.2, 0) is 6.61 Å². The normalized spacial score (nSPS) is 11.1. The van der Waals surface area contributed by atoms with E-state index in [1.807, 2.05) is 53.9 Å². The van der Waals surface area contributed by atoms with E-state index in [4.69, 9.17) is 7.85 Å². The van der Waals surface area contributed by atoms with Gasteiger partial charge in [0.25, 0.3) is 0 Å². The van der Waals surface area contributed by atoms with Crippen molar-refractivity contribution in [3.63, 3.8) is 0 Å². The number of rotatable bonds is 2. The summed E-state index contributed by atoms with van der Waals surface area (Å²) in [4.78, 5) is 4.65. The summed E-state index contributed by atoms with van der Waals surface area (Å²) in [5, 5.41) is 9.63. The van der Waals surface area contributed by atoms with E-state index in [2.05, 4.69) is 4.98 Å². The third kappa shape index (κ3) is 1.94. The van der Waals surface area contributed by atoms with Gasteiger partial charge < -0.3 is 9.51 Å². The van der Waals surface area contributed by atoms with Gasteiger partial charge in [-0.15, -0.1) is 0 Å². The first kappa shape index (κ1) is 12.0. The lowest BCUT2D eigenvalue weighted by molar-refractivity contribution is 0.276. The van der Waals surface area contributed by atoms with Crippen LogP contribution in [0, 0.1) is 6.92 Å². The molecule has 0 atom stereocenters. The van der Waals surface area contributed by atoms with E-state index in [1.165, 1.54) is 0 Å². The van der Waals surface area contributed by atoms with Crippen molar-refractivity contribution in [3.05, 3.63) is 53.9 Å². The Hall–Kier alpha value is -2.07. The van der Waals surface area contributed by atoms with Crippen LogP contribution >= 0.6 is 0 Å². The second kappa shape index (κ2) is 4.55. The van der Waals surface area contributed by atoms with Gasteiger partial charge in [-0.2, -0.15) is 0 Å². The summed E-state index contributed by atoms with van der Waals surface area (Å²) in [6, 6.07) is 11.5. The number of aliphatic hydroxyl groups excluding tert-OH is 1. The molecule has 19 heavy (non-hydrogen) atoms. The number of aliphatic hydroxyl groups is 1. The number of aryl methyl sites for hydroxylation is 1. The Bertz CT molecular complexity index is 732. The number of aromatic nitrogens is 2. The Labute approximate surface area is 113 Å². The summed E-state index contributed by atoms with van der Waals surface area (Å²) in [6.07, 6.45) is 1.92. The van der Waals surface area contributed by atoms with Crippen molar-refractivity contribution in [1.29, 1.82) is 0 Å². The van der Waals surface area contributed by atoms with Crippen LogP contribution in [0.2, 0.25) is 0 Å². The summed E-state index contributed by atoms with van der Waals surface area (Å²) in [5.41, 5.74) is 5.23. The van der Waals surface area contributed by atoms with Crippen LogP contribution in [0.5, 0.6) is 0 Å². The molecule has 4 heteroatoms. The molecular formula is C15H13BN2O. The minimum Gasteiger partial charge on any atom is -0.390 e. The molecule has 0 bridgehead atoms. The molecule has 3 rings (SSSR count). The lowest BCUT2D eigenvalue weighted by Crippen LogP contribution is -2.00. The maximum atomic E-state index is 9.63. The van der Waals surface area contributed by atoms with Gasteiger partial charge in [0, 0.05) is 11.8 Å². The summed E-state index contributed by atoms with van der Waals surface area (Å²) in [7, 11) is 5.70. The maximum Gasteiger partial charge on any atom is 0.140 e. The van der Waals surface area contributed by atoms with Gasteiger partial charge in [0.05, 0.1) is 18.0 Å². The molecule has 0 saturated heterocycles. The van der Waals surface area contributed by atoms with Crippen molar-refractivity contribution < 1.29 is 5.11 Å². The Morgan fingerprint density at radius 1 is 1.21 bits per heavy atom. The van der Waals surface area contributed by atoms with Gasteiger partial charge in [-0.05, 0) is 18.6 Å². The Kier molecular flexibility index (Phi) is 2.88. The molecule has 92 valence electrons. The fourth-order valence-electron chi connectivity index (χ4n) is 2.28. The van der Waals surface area contributed by atoms with Crippen LogP contribution in [0.15, 0.2) is 42.6 Å². The number of pyridine rings is 1. The van der Waals surface area contributed by atoms with Crippen molar-refractivity contribution in [2.45, 2.75) is 13.5 Å². The molecule has 0 aliphatic carbocycles. The first-order valence-electron chi connectivity index (χ1n) is 6.14. The number of hydrogen-bond acceptors (Lipinski definition) is 2. The predicted octanol–water partition coefficient (Wildman–Crippen LogP) is 1.60. The van der Waals surface area contributed by atoms with Crippen molar-refractivity contribution in [2.75, 3.05) is 0 Å². The van der Waals surface area contributed by atoms with Crippen molar-refractivity contribution in [3.8, 4) is 11.3 Å². The quantitative estimate of drug-likeness (QED) is 0.699. The van der Waals surface area contributed by atoms with Crippen LogP contribution in [-0.4, -0.2) is 22.3 Å². The average molecular weight is 248 g/mol. The second-order valence-electron chi connectivity index (χ2n) is 4.57. The van der Waals surface area contributed by atoms with Gasteiger partial charge in [-0.1, -0.05) is 35.8 Å². The van der Waals surface area contributed by atoms with Crippen LogP contribution in [0.3, 0.4) is 0 Å². The van der Waals surface area contributed by atoms with Crippen LogP contribution in [0.4, 0.5) is 0 Å². The minimum absolute atomic E-state index is 0.0513. The first-order valence-corrected chi connectivity index (χ1v) is 6.14. The van der Waals surface area contributed by atoms with Gasteiger partial charge in [-0.25, -0.2) is 4.98 Å². The number of imidazole rings is 1. The predicted molar refractivity (Wildman–Crippen MR) is 76.7 cm³/mol. The summed E-state index contributed by atoms with van der Waals surface area (Å²) in [5.74, 6) is 0. The fraction of sp³-hybridized carbons (Fsp3) is 0.133. The average Bonchev–Trinajstić information content (AvgIpc) is 2.79. The van der Waals surface area contributed by atoms with E-state index in [9.17, 15) is 5.11 Å². The smallest absolute Gasteiger partial charge is 0.140 e. The molecule has 0 spiro atoms. The zero-order valence-electron chi connectivity index (χ0n) is 10.7. The number of fused-ring (bicyclic) bond motifs is 1. The third-order valence-corrected chi connectivity index (χ3v) is 3.28. The zero-order valence-corrected chi connectivity index (χ0v) is 10.7. The Balaban J connectivity index is 2.29. The molecule has 2 radical (unpaired) electrons. The highest BCUT2D eigenvalue weighted by molar-refractivity contribution is 6.32. The van der Waals surface area contributed by atoms with E-state index in [1.54, 1.807) is 0 Å². The van der Waals surface area contributed by atoms with Crippen molar-refractivity contribution in [1.82, 2.24) is 9.38 Å². The molecule has 2 aromatic heterocycles. The lowest BCUT2D eigenvalue weighted by atomic mass is 9.94. The molecule has 0 aliphatic heterocycles. The Morgan fingerprint density at radius 3 is 2.63 bits per heavy atom. The van der Waals surface area contributed by atoms with E-state index in [0.29, 0.717) is 5.46 Å². The number of hydrogen-bond donors (Lipinski definition) is 1. The van der Waals surface area contributed by atoms with Crippen LogP contribution < -0.4 is 5.46 Å². The third-order valence-electron chi connectivity index (χ3n) is 3.28. The minimum atomic E-state index is -0.0513. The molecule has 3 nitrogen and oxygen atoms in total. The number of benzene rings is 1. The van der Waals surface area contributed by atoms with Gasteiger partial charge in [0.2, 0.25) is 0 Å². The highest BCUT2D eigenvalue weighted by atomic mass is 16.3. The molecule has 3 aromatic rings. The largest absolute Gasteiger partial charge is 0.390 e. The van der Waals surface area contributed by atoms with Crippen LogP contribution in [0.1, 0.15) is 11.3 Å². The van der Waals surface area contributed by atoms with Gasteiger partial charge in [0.15, 0.2) is 0 Å². The summed E-state index contributed by atoms with van der Waals surface area (Å²) < 4.78 is 1.93. The van der Waals surface area contributed by atoms with Crippen LogP contribution in [0.25, 0.3) is 16.9 Å².